The second kappa shape index (κ2) is 6.24. The highest BCUT2D eigenvalue weighted by atomic mass is 32.2. The lowest BCUT2D eigenvalue weighted by atomic mass is 9.88. The first kappa shape index (κ1) is 15.5. The second-order valence-corrected chi connectivity index (χ2v) is 7.59. The van der Waals surface area contributed by atoms with Gasteiger partial charge in [0.1, 0.15) is 0 Å². The molecule has 5 heteroatoms. The maximum absolute atomic E-state index is 12.4. The molecule has 0 saturated carbocycles. The van der Waals surface area contributed by atoms with Crippen molar-refractivity contribution in [3.05, 3.63) is 29.3 Å². The molecule has 1 fully saturated rings. The summed E-state index contributed by atoms with van der Waals surface area (Å²) in [6.07, 6.45) is 1.11. The third kappa shape index (κ3) is 3.59. The molecule has 1 saturated heterocycles. The van der Waals surface area contributed by atoms with Crippen molar-refractivity contribution in [2.45, 2.75) is 32.1 Å². The smallest absolute Gasteiger partial charge is 0.240 e. The standard InChI is InChI=1S/C15H24N2O2S/c1-11-4-5-15(13(3)8-11)20(18,19)17-10-14-9-16-7-6-12(14)2/h4-5,8,12,14,16-17H,6-7,9-10H2,1-3H3. The van der Waals surface area contributed by atoms with Gasteiger partial charge in [-0.3, -0.25) is 0 Å². The quantitative estimate of drug-likeness (QED) is 0.891. The van der Waals surface area contributed by atoms with Crippen molar-refractivity contribution >= 4 is 10.0 Å². The minimum absolute atomic E-state index is 0.365. The van der Waals surface area contributed by atoms with Crippen LogP contribution in [0.4, 0.5) is 0 Å². The molecule has 0 amide bonds. The van der Waals surface area contributed by atoms with E-state index in [4.69, 9.17) is 0 Å². The summed E-state index contributed by atoms with van der Waals surface area (Å²) in [4.78, 5) is 0.388. The van der Waals surface area contributed by atoms with Gasteiger partial charge in [0, 0.05) is 6.54 Å². The zero-order valence-corrected chi connectivity index (χ0v) is 13.3. The van der Waals surface area contributed by atoms with E-state index in [1.165, 1.54) is 0 Å². The normalized spacial score (nSPS) is 23.8. The monoisotopic (exact) mass is 296 g/mol. The van der Waals surface area contributed by atoms with Gasteiger partial charge in [-0.1, -0.05) is 24.6 Å². The molecule has 2 rings (SSSR count). The first-order chi connectivity index (χ1) is 9.40. The lowest BCUT2D eigenvalue weighted by Crippen LogP contribution is -2.42. The lowest BCUT2D eigenvalue weighted by molar-refractivity contribution is 0.275. The first-order valence-electron chi connectivity index (χ1n) is 7.18. The molecular formula is C15H24N2O2S. The van der Waals surface area contributed by atoms with Gasteiger partial charge in [0.15, 0.2) is 0 Å². The summed E-state index contributed by atoms with van der Waals surface area (Å²) in [6, 6.07) is 5.43. The Hall–Kier alpha value is -0.910. The van der Waals surface area contributed by atoms with Crippen molar-refractivity contribution in [3.8, 4) is 0 Å². The second-order valence-electron chi connectivity index (χ2n) is 5.85. The molecule has 1 aromatic rings. The van der Waals surface area contributed by atoms with E-state index in [0.29, 0.717) is 23.3 Å². The molecule has 0 aliphatic carbocycles. The Morgan fingerprint density at radius 3 is 2.75 bits per heavy atom. The number of aryl methyl sites for hydroxylation is 2. The van der Waals surface area contributed by atoms with Crippen LogP contribution in [0, 0.1) is 25.7 Å². The molecule has 2 atom stereocenters. The van der Waals surface area contributed by atoms with Gasteiger partial charge in [-0.15, -0.1) is 0 Å². The predicted octanol–water partition coefficient (Wildman–Crippen LogP) is 1.83. The van der Waals surface area contributed by atoms with E-state index in [-0.39, 0.29) is 0 Å². The molecule has 1 aliphatic rings. The number of sulfonamides is 1. The summed E-state index contributed by atoms with van der Waals surface area (Å²) in [6.45, 7) is 8.41. The summed E-state index contributed by atoms with van der Waals surface area (Å²) in [5.41, 5.74) is 1.87. The highest BCUT2D eigenvalue weighted by Gasteiger charge is 2.24. The molecule has 112 valence electrons. The number of hydrogen-bond donors (Lipinski definition) is 2. The molecule has 0 bridgehead atoms. The molecular weight excluding hydrogens is 272 g/mol. The fourth-order valence-electron chi connectivity index (χ4n) is 2.72. The van der Waals surface area contributed by atoms with Crippen molar-refractivity contribution in [3.63, 3.8) is 0 Å². The van der Waals surface area contributed by atoms with Crippen LogP contribution in [0.3, 0.4) is 0 Å². The molecule has 2 unspecified atom stereocenters. The molecule has 0 radical (unpaired) electrons. The van der Waals surface area contributed by atoms with Crippen LogP contribution in [0.2, 0.25) is 0 Å². The topological polar surface area (TPSA) is 58.2 Å². The van der Waals surface area contributed by atoms with E-state index in [1.807, 2.05) is 26.0 Å². The Bertz CT molecular complexity index is 569. The summed E-state index contributed by atoms with van der Waals surface area (Å²) >= 11 is 0. The number of piperidine rings is 1. The Balaban J connectivity index is 2.07. The Morgan fingerprint density at radius 2 is 2.10 bits per heavy atom. The average molecular weight is 296 g/mol. The highest BCUT2D eigenvalue weighted by Crippen LogP contribution is 2.20. The van der Waals surface area contributed by atoms with E-state index in [2.05, 4.69) is 17.0 Å². The minimum Gasteiger partial charge on any atom is -0.316 e. The van der Waals surface area contributed by atoms with Crippen LogP contribution >= 0.6 is 0 Å². The van der Waals surface area contributed by atoms with Gasteiger partial charge in [-0.05, 0) is 56.8 Å². The summed E-state index contributed by atoms with van der Waals surface area (Å²) in [5, 5.41) is 3.33. The zero-order valence-electron chi connectivity index (χ0n) is 12.4. The van der Waals surface area contributed by atoms with Crippen LogP contribution in [0.1, 0.15) is 24.5 Å². The predicted molar refractivity (Wildman–Crippen MR) is 81.2 cm³/mol. The average Bonchev–Trinajstić information content (AvgIpc) is 2.37. The number of benzene rings is 1. The number of rotatable bonds is 4. The summed E-state index contributed by atoms with van der Waals surface area (Å²) in [5.74, 6) is 0.919. The minimum atomic E-state index is -3.41. The van der Waals surface area contributed by atoms with E-state index < -0.39 is 10.0 Å². The molecule has 1 heterocycles. The lowest BCUT2D eigenvalue weighted by Gasteiger charge is -2.29. The van der Waals surface area contributed by atoms with Gasteiger partial charge in [0.2, 0.25) is 10.0 Å². The molecule has 2 N–H and O–H groups in total. The van der Waals surface area contributed by atoms with Gasteiger partial charge in [-0.25, -0.2) is 13.1 Å². The van der Waals surface area contributed by atoms with Crippen LogP contribution in [0.25, 0.3) is 0 Å². The number of nitrogens with one attached hydrogen (secondary N) is 2. The Kier molecular flexibility index (Phi) is 4.83. The molecule has 4 nitrogen and oxygen atoms in total. The van der Waals surface area contributed by atoms with E-state index >= 15 is 0 Å². The van der Waals surface area contributed by atoms with Crippen molar-refractivity contribution in [2.75, 3.05) is 19.6 Å². The molecule has 0 spiro atoms. The molecule has 1 aliphatic heterocycles. The van der Waals surface area contributed by atoms with Crippen LogP contribution in [-0.4, -0.2) is 28.1 Å². The number of hydrogen-bond acceptors (Lipinski definition) is 3. The van der Waals surface area contributed by atoms with Gasteiger partial charge in [0.25, 0.3) is 0 Å². The van der Waals surface area contributed by atoms with Gasteiger partial charge < -0.3 is 5.32 Å². The SMILES string of the molecule is Cc1ccc(S(=O)(=O)NCC2CNCCC2C)c(C)c1. The van der Waals surface area contributed by atoms with E-state index in [0.717, 1.165) is 30.6 Å². The van der Waals surface area contributed by atoms with Crippen molar-refractivity contribution in [2.24, 2.45) is 11.8 Å². The summed E-state index contributed by atoms with van der Waals surface area (Å²) in [7, 11) is -3.41. The van der Waals surface area contributed by atoms with Crippen LogP contribution in [0.15, 0.2) is 23.1 Å². The summed E-state index contributed by atoms with van der Waals surface area (Å²) < 4.78 is 27.5. The van der Waals surface area contributed by atoms with Gasteiger partial charge in [0.05, 0.1) is 4.90 Å². The zero-order chi connectivity index (χ0) is 14.8. The van der Waals surface area contributed by atoms with Gasteiger partial charge in [-0.2, -0.15) is 0 Å². The molecule has 0 aromatic heterocycles. The van der Waals surface area contributed by atoms with Crippen LogP contribution in [0.5, 0.6) is 0 Å². The Labute approximate surface area is 122 Å². The maximum atomic E-state index is 12.4. The first-order valence-corrected chi connectivity index (χ1v) is 8.66. The van der Waals surface area contributed by atoms with Gasteiger partial charge >= 0.3 is 0 Å². The van der Waals surface area contributed by atoms with Crippen molar-refractivity contribution < 1.29 is 8.42 Å². The van der Waals surface area contributed by atoms with Crippen LogP contribution < -0.4 is 10.0 Å². The Morgan fingerprint density at radius 1 is 1.35 bits per heavy atom. The molecule has 20 heavy (non-hydrogen) atoms. The fraction of sp³-hybridized carbons (Fsp3) is 0.600. The van der Waals surface area contributed by atoms with E-state index in [9.17, 15) is 8.42 Å². The third-order valence-corrected chi connectivity index (χ3v) is 5.73. The maximum Gasteiger partial charge on any atom is 0.240 e. The van der Waals surface area contributed by atoms with E-state index in [1.54, 1.807) is 6.07 Å². The fourth-order valence-corrected chi connectivity index (χ4v) is 4.04. The van der Waals surface area contributed by atoms with Crippen LogP contribution in [-0.2, 0) is 10.0 Å². The van der Waals surface area contributed by atoms with Crippen molar-refractivity contribution in [1.29, 1.82) is 0 Å². The third-order valence-electron chi connectivity index (χ3n) is 4.14. The molecule has 1 aromatic carbocycles. The van der Waals surface area contributed by atoms with Crippen molar-refractivity contribution in [1.82, 2.24) is 10.0 Å². The largest absolute Gasteiger partial charge is 0.316 e. The highest BCUT2D eigenvalue weighted by molar-refractivity contribution is 7.89.